The molecule has 1 heterocycles. The molecule has 1 atom stereocenters. The largest absolute Gasteiger partial charge is 0.379 e. The molecule has 0 bridgehead atoms. The van der Waals surface area contributed by atoms with Crippen LogP contribution in [0.25, 0.3) is 0 Å². The number of hydrogen-bond donors (Lipinski definition) is 0. The second kappa shape index (κ2) is 3.85. The molecule has 0 aromatic carbocycles. The van der Waals surface area contributed by atoms with Gasteiger partial charge in [0.15, 0.2) is 0 Å². The Labute approximate surface area is 56.2 Å². The third-order valence-electron chi connectivity index (χ3n) is 1.53. The van der Waals surface area contributed by atoms with Gasteiger partial charge in [0.2, 0.25) is 0 Å². The summed E-state index contributed by atoms with van der Waals surface area (Å²) in [6, 6.07) is 0. The van der Waals surface area contributed by atoms with E-state index >= 15 is 0 Å². The van der Waals surface area contributed by atoms with Gasteiger partial charge in [0, 0.05) is 13.2 Å². The molecule has 0 spiro atoms. The van der Waals surface area contributed by atoms with Crippen molar-refractivity contribution in [3.05, 3.63) is 0 Å². The highest BCUT2D eigenvalue weighted by molar-refractivity contribution is 4.62. The van der Waals surface area contributed by atoms with Crippen LogP contribution in [0.2, 0.25) is 0 Å². The fraction of sp³-hybridized carbons (Fsp3) is 1.00. The molecule has 0 amide bonds. The first kappa shape index (κ1) is 7.03. The Bertz CT molecular complexity index is 67.3. The molecule has 1 fully saturated rings. The molecule has 0 unspecified atom stereocenters. The summed E-state index contributed by atoms with van der Waals surface area (Å²) < 4.78 is 10.5. The van der Waals surface area contributed by atoms with Crippen LogP contribution in [0.4, 0.5) is 0 Å². The number of ether oxygens (including phenoxy) is 2. The van der Waals surface area contributed by atoms with Crippen LogP contribution in [-0.4, -0.2) is 25.9 Å². The molecule has 1 aliphatic heterocycles. The first-order valence-electron chi connectivity index (χ1n) is 3.63. The fourth-order valence-electron chi connectivity index (χ4n) is 1.03. The molecular weight excluding hydrogens is 116 g/mol. The van der Waals surface area contributed by atoms with Gasteiger partial charge in [-0.05, 0) is 19.8 Å². The van der Waals surface area contributed by atoms with Crippen LogP contribution in [0.5, 0.6) is 0 Å². The smallest absolute Gasteiger partial charge is 0.0809 e. The van der Waals surface area contributed by atoms with Crippen molar-refractivity contribution in [1.82, 2.24) is 0 Å². The van der Waals surface area contributed by atoms with E-state index in [0.717, 1.165) is 19.8 Å². The molecular formula is C7H14O2. The molecule has 1 saturated heterocycles. The summed E-state index contributed by atoms with van der Waals surface area (Å²) in [6.07, 6.45) is 2.78. The van der Waals surface area contributed by atoms with Gasteiger partial charge in [-0.3, -0.25) is 0 Å². The third-order valence-corrected chi connectivity index (χ3v) is 1.53. The normalized spacial score (nSPS) is 27.0. The molecule has 2 nitrogen and oxygen atoms in total. The van der Waals surface area contributed by atoms with Crippen molar-refractivity contribution >= 4 is 0 Å². The van der Waals surface area contributed by atoms with Gasteiger partial charge in [-0.25, -0.2) is 0 Å². The minimum atomic E-state index is 0.393. The Morgan fingerprint density at radius 3 is 3.11 bits per heavy atom. The molecule has 2 heteroatoms. The Balaban J connectivity index is 1.98. The Morgan fingerprint density at radius 2 is 2.56 bits per heavy atom. The maximum atomic E-state index is 5.33. The monoisotopic (exact) mass is 130 g/mol. The van der Waals surface area contributed by atoms with Crippen molar-refractivity contribution < 1.29 is 9.47 Å². The van der Waals surface area contributed by atoms with Gasteiger partial charge in [0.1, 0.15) is 0 Å². The third kappa shape index (κ3) is 2.33. The standard InChI is InChI=1S/C7H14O2/c1-2-8-6-7-4-3-5-9-7/h7H,2-6H2,1H3/t7-/m1/s1. The zero-order valence-electron chi connectivity index (χ0n) is 5.93. The van der Waals surface area contributed by atoms with Crippen LogP contribution in [-0.2, 0) is 9.47 Å². The fourth-order valence-corrected chi connectivity index (χ4v) is 1.03. The van der Waals surface area contributed by atoms with E-state index in [1.165, 1.54) is 12.8 Å². The zero-order valence-corrected chi connectivity index (χ0v) is 5.93. The number of rotatable bonds is 3. The summed E-state index contributed by atoms with van der Waals surface area (Å²) in [5, 5.41) is 0. The molecule has 1 aliphatic rings. The topological polar surface area (TPSA) is 18.5 Å². The van der Waals surface area contributed by atoms with Crippen LogP contribution < -0.4 is 0 Å². The predicted molar refractivity (Wildman–Crippen MR) is 35.5 cm³/mol. The average Bonchev–Trinajstić information content (AvgIpc) is 2.34. The van der Waals surface area contributed by atoms with Crippen molar-refractivity contribution in [3.63, 3.8) is 0 Å². The minimum Gasteiger partial charge on any atom is -0.379 e. The van der Waals surface area contributed by atoms with Gasteiger partial charge in [-0.15, -0.1) is 0 Å². The SMILES string of the molecule is CCOC[C@H]1CCCO1. The van der Waals surface area contributed by atoms with Crippen LogP contribution in [0.1, 0.15) is 19.8 Å². The summed E-state index contributed by atoms with van der Waals surface area (Å²) in [4.78, 5) is 0. The summed E-state index contributed by atoms with van der Waals surface area (Å²) in [7, 11) is 0. The molecule has 0 saturated carbocycles. The molecule has 0 aromatic heterocycles. The maximum Gasteiger partial charge on any atom is 0.0809 e. The zero-order chi connectivity index (χ0) is 6.53. The first-order chi connectivity index (χ1) is 4.43. The van der Waals surface area contributed by atoms with E-state index in [-0.39, 0.29) is 0 Å². The van der Waals surface area contributed by atoms with E-state index in [2.05, 4.69) is 0 Å². The van der Waals surface area contributed by atoms with Crippen molar-refractivity contribution in [1.29, 1.82) is 0 Å². The predicted octanol–water partition coefficient (Wildman–Crippen LogP) is 1.20. The highest BCUT2D eigenvalue weighted by atomic mass is 16.5. The molecule has 9 heavy (non-hydrogen) atoms. The minimum absolute atomic E-state index is 0.393. The van der Waals surface area contributed by atoms with E-state index in [1.54, 1.807) is 0 Å². The van der Waals surface area contributed by atoms with E-state index in [4.69, 9.17) is 9.47 Å². The van der Waals surface area contributed by atoms with Gasteiger partial charge < -0.3 is 9.47 Å². The maximum absolute atomic E-state index is 5.33. The van der Waals surface area contributed by atoms with Crippen LogP contribution in [0.3, 0.4) is 0 Å². The molecule has 0 radical (unpaired) electrons. The van der Waals surface area contributed by atoms with Crippen molar-refractivity contribution in [2.24, 2.45) is 0 Å². The lowest BCUT2D eigenvalue weighted by Gasteiger charge is -2.07. The molecule has 1 rings (SSSR count). The van der Waals surface area contributed by atoms with E-state index in [9.17, 15) is 0 Å². The molecule has 54 valence electrons. The van der Waals surface area contributed by atoms with Crippen molar-refractivity contribution in [2.45, 2.75) is 25.9 Å². The van der Waals surface area contributed by atoms with Crippen molar-refractivity contribution in [2.75, 3.05) is 19.8 Å². The Kier molecular flexibility index (Phi) is 3.01. The second-order valence-electron chi connectivity index (χ2n) is 2.29. The van der Waals surface area contributed by atoms with E-state index < -0.39 is 0 Å². The van der Waals surface area contributed by atoms with Crippen molar-refractivity contribution in [3.8, 4) is 0 Å². The number of hydrogen-bond acceptors (Lipinski definition) is 2. The quantitative estimate of drug-likeness (QED) is 0.571. The van der Waals surface area contributed by atoms with Crippen LogP contribution in [0.15, 0.2) is 0 Å². The van der Waals surface area contributed by atoms with Gasteiger partial charge >= 0.3 is 0 Å². The lowest BCUT2D eigenvalue weighted by Crippen LogP contribution is -2.13. The van der Waals surface area contributed by atoms with Crippen LogP contribution in [0, 0.1) is 0 Å². The lowest BCUT2D eigenvalue weighted by atomic mass is 10.2. The summed E-state index contributed by atoms with van der Waals surface area (Å²) >= 11 is 0. The molecule has 0 N–H and O–H groups in total. The van der Waals surface area contributed by atoms with Gasteiger partial charge in [0.05, 0.1) is 12.7 Å². The Hall–Kier alpha value is -0.0800. The highest BCUT2D eigenvalue weighted by Gasteiger charge is 2.14. The Morgan fingerprint density at radius 1 is 1.67 bits per heavy atom. The molecule has 0 aromatic rings. The highest BCUT2D eigenvalue weighted by Crippen LogP contribution is 2.11. The van der Waals surface area contributed by atoms with Gasteiger partial charge in [-0.2, -0.15) is 0 Å². The summed E-state index contributed by atoms with van der Waals surface area (Å²) in [5.41, 5.74) is 0. The van der Waals surface area contributed by atoms with Gasteiger partial charge in [0.25, 0.3) is 0 Å². The van der Waals surface area contributed by atoms with Gasteiger partial charge in [-0.1, -0.05) is 0 Å². The summed E-state index contributed by atoms with van der Waals surface area (Å²) in [5.74, 6) is 0. The van der Waals surface area contributed by atoms with E-state index in [1.807, 2.05) is 6.92 Å². The van der Waals surface area contributed by atoms with E-state index in [0.29, 0.717) is 6.10 Å². The summed E-state index contributed by atoms with van der Waals surface area (Å²) in [6.45, 7) is 4.53. The first-order valence-corrected chi connectivity index (χ1v) is 3.63. The average molecular weight is 130 g/mol. The molecule has 0 aliphatic carbocycles. The second-order valence-corrected chi connectivity index (χ2v) is 2.29. The van der Waals surface area contributed by atoms with Crippen LogP contribution >= 0.6 is 0 Å². The lowest BCUT2D eigenvalue weighted by molar-refractivity contribution is 0.0217.